The predicted octanol–water partition coefficient (Wildman–Crippen LogP) is 2.48. The van der Waals surface area contributed by atoms with Gasteiger partial charge in [0.25, 0.3) is 5.89 Å². The van der Waals surface area contributed by atoms with E-state index in [-0.39, 0.29) is 5.60 Å². The third-order valence-corrected chi connectivity index (χ3v) is 3.82. The maximum Gasteiger partial charge on any atom is 0.258 e. The second-order valence-corrected chi connectivity index (χ2v) is 5.14. The van der Waals surface area contributed by atoms with Gasteiger partial charge in [0, 0.05) is 13.2 Å². The number of hydrogen-bond donors (Lipinski definition) is 0. The minimum Gasteiger partial charge on any atom is -0.478 e. The molecule has 21 heavy (non-hydrogen) atoms. The van der Waals surface area contributed by atoms with E-state index in [1.54, 1.807) is 7.11 Å². The Bertz CT molecular complexity index is 602. The fourth-order valence-electron chi connectivity index (χ4n) is 2.46. The summed E-state index contributed by atoms with van der Waals surface area (Å²) in [5.41, 5.74) is 0.486. The van der Waals surface area contributed by atoms with Crippen LogP contribution in [0.15, 0.2) is 22.7 Å². The smallest absolute Gasteiger partial charge is 0.258 e. The van der Waals surface area contributed by atoms with Gasteiger partial charge in [-0.2, -0.15) is 4.98 Å². The molecule has 0 bridgehead atoms. The first-order chi connectivity index (χ1) is 10.3. The lowest BCUT2D eigenvalue weighted by molar-refractivity contribution is -0.0992. The largest absolute Gasteiger partial charge is 0.478 e. The minimum atomic E-state index is -0.369. The van der Waals surface area contributed by atoms with Crippen LogP contribution in [-0.4, -0.2) is 28.8 Å². The molecule has 1 aliphatic carbocycles. The van der Waals surface area contributed by atoms with Gasteiger partial charge in [-0.1, -0.05) is 11.2 Å². The van der Waals surface area contributed by atoms with Crippen LogP contribution in [0.3, 0.4) is 0 Å². The van der Waals surface area contributed by atoms with Gasteiger partial charge >= 0.3 is 0 Å². The van der Waals surface area contributed by atoms with Gasteiger partial charge in [0.1, 0.15) is 5.60 Å². The number of ether oxygens (including phenoxy) is 2. The normalized spacial score (nSPS) is 16.5. The maximum absolute atomic E-state index is 5.54. The van der Waals surface area contributed by atoms with Crippen LogP contribution in [0.2, 0.25) is 0 Å². The molecule has 0 saturated heterocycles. The Morgan fingerprint density at radius 3 is 2.81 bits per heavy atom. The molecular formula is C15H19N3O3. The summed E-state index contributed by atoms with van der Waals surface area (Å²) in [5.74, 6) is 1.81. The van der Waals surface area contributed by atoms with Crippen molar-refractivity contribution < 1.29 is 14.0 Å². The Hall–Kier alpha value is -1.95. The van der Waals surface area contributed by atoms with E-state index in [0.717, 1.165) is 25.0 Å². The average molecular weight is 289 g/mol. The molecule has 0 spiro atoms. The van der Waals surface area contributed by atoms with Crippen LogP contribution < -0.4 is 4.74 Å². The average Bonchev–Trinajstić information content (AvgIpc) is 2.88. The lowest BCUT2D eigenvalue weighted by Crippen LogP contribution is -2.36. The molecule has 3 rings (SSSR count). The van der Waals surface area contributed by atoms with Gasteiger partial charge in [-0.15, -0.1) is 0 Å². The third kappa shape index (κ3) is 2.76. The molecule has 1 saturated carbocycles. The van der Waals surface area contributed by atoms with E-state index in [1.165, 1.54) is 0 Å². The third-order valence-electron chi connectivity index (χ3n) is 3.82. The minimum absolute atomic E-state index is 0.369. The quantitative estimate of drug-likeness (QED) is 0.813. The summed E-state index contributed by atoms with van der Waals surface area (Å²) in [5, 5.41) is 4.04. The summed E-state index contributed by atoms with van der Waals surface area (Å²) in [7, 11) is 1.69. The lowest BCUT2D eigenvalue weighted by atomic mass is 9.80. The van der Waals surface area contributed by atoms with Crippen molar-refractivity contribution >= 4 is 0 Å². The van der Waals surface area contributed by atoms with Gasteiger partial charge < -0.3 is 14.0 Å². The van der Waals surface area contributed by atoms with Crippen molar-refractivity contribution in [2.24, 2.45) is 0 Å². The summed E-state index contributed by atoms with van der Waals surface area (Å²) in [4.78, 5) is 8.87. The highest BCUT2D eigenvalue weighted by Gasteiger charge is 2.44. The number of aromatic nitrogens is 3. The van der Waals surface area contributed by atoms with Crippen molar-refractivity contribution in [3.63, 3.8) is 0 Å². The van der Waals surface area contributed by atoms with Crippen molar-refractivity contribution in [2.45, 2.75) is 38.2 Å². The molecule has 2 aromatic rings. The second-order valence-electron chi connectivity index (χ2n) is 5.14. The number of rotatable bonds is 6. The molecular weight excluding hydrogens is 270 g/mol. The molecule has 1 aliphatic rings. The summed E-state index contributed by atoms with van der Waals surface area (Å²) in [6.07, 6.45) is 3.51. The van der Waals surface area contributed by atoms with E-state index in [1.807, 2.05) is 25.1 Å². The van der Waals surface area contributed by atoms with Crippen LogP contribution in [0.25, 0.3) is 0 Å². The first-order valence-corrected chi connectivity index (χ1v) is 7.23. The van der Waals surface area contributed by atoms with E-state index in [4.69, 9.17) is 14.0 Å². The molecule has 0 unspecified atom stereocenters. The van der Waals surface area contributed by atoms with E-state index in [2.05, 4.69) is 15.1 Å². The van der Waals surface area contributed by atoms with E-state index >= 15 is 0 Å². The van der Waals surface area contributed by atoms with Crippen molar-refractivity contribution in [1.29, 1.82) is 0 Å². The highest BCUT2D eigenvalue weighted by molar-refractivity contribution is 5.18. The Balaban J connectivity index is 1.74. The van der Waals surface area contributed by atoms with Crippen LogP contribution in [0.5, 0.6) is 5.88 Å². The number of hydrogen-bond acceptors (Lipinski definition) is 6. The molecule has 1 fully saturated rings. The Kier molecular flexibility index (Phi) is 3.88. The second kappa shape index (κ2) is 5.81. The van der Waals surface area contributed by atoms with Gasteiger partial charge in [0.2, 0.25) is 5.88 Å². The standard InChI is InChI=1S/C15H19N3O3/c1-3-20-13-7-4-6-11(16-13)10-12-17-14(21-18-12)15(19-2)8-5-9-15/h4,6-7H,3,5,8-10H2,1-2H3. The fourth-order valence-corrected chi connectivity index (χ4v) is 2.46. The van der Waals surface area contributed by atoms with Gasteiger partial charge in [0.15, 0.2) is 5.82 Å². The van der Waals surface area contributed by atoms with Crippen LogP contribution in [-0.2, 0) is 16.8 Å². The number of pyridine rings is 1. The zero-order valence-electron chi connectivity index (χ0n) is 12.3. The van der Waals surface area contributed by atoms with Gasteiger partial charge in [0.05, 0.1) is 18.7 Å². The monoisotopic (exact) mass is 289 g/mol. The lowest BCUT2D eigenvalue weighted by Gasteiger charge is -2.36. The molecule has 0 N–H and O–H groups in total. The van der Waals surface area contributed by atoms with Gasteiger partial charge in [-0.05, 0) is 32.3 Å². The topological polar surface area (TPSA) is 70.3 Å². The summed E-state index contributed by atoms with van der Waals surface area (Å²) in [6.45, 7) is 2.53. The molecule has 6 heteroatoms. The molecule has 0 atom stereocenters. The Morgan fingerprint density at radius 1 is 1.29 bits per heavy atom. The summed E-state index contributed by atoms with van der Waals surface area (Å²) >= 11 is 0. The van der Waals surface area contributed by atoms with Gasteiger partial charge in [-0.3, -0.25) is 0 Å². The van der Waals surface area contributed by atoms with Crippen molar-refractivity contribution in [3.8, 4) is 5.88 Å². The highest BCUT2D eigenvalue weighted by atomic mass is 16.5. The summed E-state index contributed by atoms with van der Waals surface area (Å²) < 4.78 is 16.3. The molecule has 0 amide bonds. The van der Waals surface area contributed by atoms with Crippen LogP contribution in [0, 0.1) is 0 Å². The predicted molar refractivity (Wildman–Crippen MR) is 75.0 cm³/mol. The van der Waals surface area contributed by atoms with Crippen LogP contribution in [0.4, 0.5) is 0 Å². The number of nitrogens with zero attached hydrogens (tertiary/aromatic N) is 3. The van der Waals surface area contributed by atoms with E-state index < -0.39 is 0 Å². The zero-order valence-corrected chi connectivity index (χ0v) is 12.3. The molecule has 0 aliphatic heterocycles. The molecule has 2 heterocycles. The molecule has 0 radical (unpaired) electrons. The fraction of sp³-hybridized carbons (Fsp3) is 0.533. The van der Waals surface area contributed by atoms with Gasteiger partial charge in [-0.25, -0.2) is 4.98 Å². The van der Waals surface area contributed by atoms with Crippen molar-refractivity contribution in [2.75, 3.05) is 13.7 Å². The SMILES string of the molecule is CCOc1cccc(Cc2noc(C3(OC)CCC3)n2)n1. The number of methoxy groups -OCH3 is 1. The maximum atomic E-state index is 5.54. The first-order valence-electron chi connectivity index (χ1n) is 7.23. The molecule has 2 aromatic heterocycles. The Labute approximate surface area is 123 Å². The van der Waals surface area contributed by atoms with Crippen LogP contribution in [0.1, 0.15) is 43.6 Å². The first kappa shape index (κ1) is 14.0. The summed E-state index contributed by atoms with van der Waals surface area (Å²) in [6, 6.07) is 5.67. The van der Waals surface area contributed by atoms with Crippen LogP contribution >= 0.6 is 0 Å². The molecule has 112 valence electrons. The van der Waals surface area contributed by atoms with Crippen molar-refractivity contribution in [1.82, 2.24) is 15.1 Å². The molecule has 6 nitrogen and oxygen atoms in total. The molecule has 0 aromatic carbocycles. The Morgan fingerprint density at radius 2 is 2.14 bits per heavy atom. The highest BCUT2D eigenvalue weighted by Crippen LogP contribution is 2.43. The van der Waals surface area contributed by atoms with Crippen molar-refractivity contribution in [3.05, 3.63) is 35.6 Å². The zero-order chi connectivity index (χ0) is 14.7. The van der Waals surface area contributed by atoms with E-state index in [9.17, 15) is 0 Å². The van der Waals surface area contributed by atoms with E-state index in [0.29, 0.717) is 30.6 Å².